The van der Waals surface area contributed by atoms with E-state index in [0.717, 1.165) is 11.2 Å². The standard InChI is InChI=1S/C31H32NO/c1-19-11-13-23-22-14-12-20-9-7-8-10-21(20)28(22)33-29(23)25(19)27-26-24(15-18-32(27)6)30(2,3)16-17-31(26,4)5/h7-15,18H,16-17H2,1-6H3/q+1. The summed E-state index contributed by atoms with van der Waals surface area (Å²) in [5, 5.41) is 4.78. The van der Waals surface area contributed by atoms with Gasteiger partial charge in [0.05, 0.1) is 5.56 Å². The van der Waals surface area contributed by atoms with E-state index in [9.17, 15) is 0 Å². The van der Waals surface area contributed by atoms with Gasteiger partial charge in [-0.2, -0.15) is 0 Å². The summed E-state index contributed by atoms with van der Waals surface area (Å²) in [7, 11) is 2.18. The molecule has 1 aliphatic carbocycles. The Bertz CT molecular complexity index is 1580. The molecule has 0 saturated carbocycles. The summed E-state index contributed by atoms with van der Waals surface area (Å²) in [6, 6.07) is 19.8. The zero-order chi connectivity index (χ0) is 23.1. The fraction of sp³-hybridized carbons (Fsp3) is 0.323. The predicted octanol–water partition coefficient (Wildman–Crippen LogP) is 7.89. The molecule has 0 bridgehead atoms. The number of aryl methyl sites for hydroxylation is 2. The van der Waals surface area contributed by atoms with Crippen LogP contribution in [0, 0.1) is 6.92 Å². The van der Waals surface area contributed by atoms with Crippen LogP contribution in [0.5, 0.6) is 0 Å². The minimum absolute atomic E-state index is 0.104. The molecule has 1 aliphatic rings. The number of nitrogens with zero attached hydrogens (tertiary/aromatic N) is 1. The molecule has 0 saturated heterocycles. The highest BCUT2D eigenvalue weighted by Crippen LogP contribution is 2.50. The van der Waals surface area contributed by atoms with Crippen molar-refractivity contribution in [2.75, 3.05) is 0 Å². The smallest absolute Gasteiger partial charge is 0.220 e. The highest BCUT2D eigenvalue weighted by atomic mass is 16.3. The van der Waals surface area contributed by atoms with Gasteiger partial charge in [0.2, 0.25) is 5.69 Å². The van der Waals surface area contributed by atoms with Gasteiger partial charge < -0.3 is 4.42 Å². The van der Waals surface area contributed by atoms with Crippen molar-refractivity contribution in [3.05, 3.63) is 77.5 Å². The van der Waals surface area contributed by atoms with Crippen LogP contribution in [0.15, 0.2) is 65.2 Å². The van der Waals surface area contributed by atoms with E-state index in [-0.39, 0.29) is 10.8 Å². The fourth-order valence-electron chi connectivity index (χ4n) is 6.04. The second kappa shape index (κ2) is 6.70. The van der Waals surface area contributed by atoms with E-state index in [1.165, 1.54) is 62.3 Å². The van der Waals surface area contributed by atoms with Gasteiger partial charge in [-0.15, -0.1) is 0 Å². The summed E-state index contributed by atoms with van der Waals surface area (Å²) in [5.41, 5.74) is 9.01. The van der Waals surface area contributed by atoms with Crippen molar-refractivity contribution in [2.45, 2.75) is 58.3 Å². The molecule has 2 heteroatoms. The van der Waals surface area contributed by atoms with Gasteiger partial charge in [-0.3, -0.25) is 0 Å². The van der Waals surface area contributed by atoms with Crippen molar-refractivity contribution in [3.63, 3.8) is 0 Å². The Balaban J connectivity index is 1.78. The number of benzene rings is 3. The number of pyridine rings is 1. The van der Waals surface area contributed by atoms with Crippen molar-refractivity contribution in [3.8, 4) is 11.3 Å². The quantitative estimate of drug-likeness (QED) is 0.245. The molecule has 0 fully saturated rings. The Kier molecular flexibility index (Phi) is 4.15. The molecule has 33 heavy (non-hydrogen) atoms. The van der Waals surface area contributed by atoms with Gasteiger partial charge in [-0.25, -0.2) is 4.57 Å². The Labute approximate surface area is 195 Å². The van der Waals surface area contributed by atoms with Crippen molar-refractivity contribution in [1.29, 1.82) is 0 Å². The molecule has 2 aromatic heterocycles. The number of furan rings is 1. The van der Waals surface area contributed by atoms with E-state index in [1.807, 2.05) is 0 Å². The average molecular weight is 435 g/mol. The summed E-state index contributed by atoms with van der Waals surface area (Å²) >= 11 is 0. The minimum Gasteiger partial charge on any atom is -0.454 e. The maximum absolute atomic E-state index is 6.78. The van der Waals surface area contributed by atoms with Gasteiger partial charge in [0.25, 0.3) is 0 Å². The lowest BCUT2D eigenvalue weighted by atomic mass is 9.62. The number of fused-ring (bicyclic) bond motifs is 6. The molecule has 0 N–H and O–H groups in total. The molecule has 5 aromatic rings. The normalized spacial score (nSPS) is 17.0. The van der Waals surface area contributed by atoms with Crippen LogP contribution in [0.25, 0.3) is 44.0 Å². The lowest BCUT2D eigenvalue weighted by Crippen LogP contribution is -2.41. The molecule has 0 radical (unpaired) electrons. The average Bonchev–Trinajstić information content (AvgIpc) is 3.16. The second-order valence-corrected chi connectivity index (χ2v) is 11.2. The van der Waals surface area contributed by atoms with Gasteiger partial charge in [0.1, 0.15) is 18.2 Å². The molecule has 6 rings (SSSR count). The molecular formula is C31H32NO+. The lowest BCUT2D eigenvalue weighted by Gasteiger charge is -2.41. The maximum atomic E-state index is 6.78. The van der Waals surface area contributed by atoms with E-state index < -0.39 is 0 Å². The first-order chi connectivity index (χ1) is 15.7. The number of hydrogen-bond donors (Lipinski definition) is 0. The van der Waals surface area contributed by atoms with E-state index >= 15 is 0 Å². The largest absolute Gasteiger partial charge is 0.454 e. The molecule has 166 valence electrons. The van der Waals surface area contributed by atoms with Crippen molar-refractivity contribution in [1.82, 2.24) is 0 Å². The molecule has 0 unspecified atom stereocenters. The van der Waals surface area contributed by atoms with Crippen LogP contribution < -0.4 is 4.57 Å². The number of rotatable bonds is 1. The third-order valence-corrected chi connectivity index (χ3v) is 8.08. The molecule has 2 heterocycles. The molecule has 0 atom stereocenters. The highest BCUT2D eigenvalue weighted by Gasteiger charge is 2.43. The Hall–Kier alpha value is -3.13. The van der Waals surface area contributed by atoms with Crippen LogP contribution in [-0.4, -0.2) is 0 Å². The van der Waals surface area contributed by atoms with Crippen LogP contribution in [0.1, 0.15) is 57.2 Å². The molecule has 0 spiro atoms. The van der Waals surface area contributed by atoms with Crippen LogP contribution >= 0.6 is 0 Å². The van der Waals surface area contributed by atoms with Gasteiger partial charge >= 0.3 is 0 Å². The lowest BCUT2D eigenvalue weighted by molar-refractivity contribution is -0.661. The van der Waals surface area contributed by atoms with Crippen molar-refractivity contribution in [2.24, 2.45) is 7.05 Å². The van der Waals surface area contributed by atoms with Crippen molar-refractivity contribution < 1.29 is 8.98 Å². The summed E-state index contributed by atoms with van der Waals surface area (Å²) < 4.78 is 9.10. The third-order valence-electron chi connectivity index (χ3n) is 8.08. The predicted molar refractivity (Wildman–Crippen MR) is 138 cm³/mol. The van der Waals surface area contributed by atoms with E-state index in [2.05, 4.69) is 107 Å². The summed E-state index contributed by atoms with van der Waals surface area (Å²) in [6.07, 6.45) is 4.64. The molecule has 3 aromatic carbocycles. The summed E-state index contributed by atoms with van der Waals surface area (Å²) in [6.45, 7) is 11.8. The Morgan fingerprint density at radius 3 is 2.27 bits per heavy atom. The van der Waals surface area contributed by atoms with Crippen molar-refractivity contribution >= 4 is 32.7 Å². The Morgan fingerprint density at radius 2 is 1.45 bits per heavy atom. The zero-order valence-electron chi connectivity index (χ0n) is 20.5. The monoisotopic (exact) mass is 434 g/mol. The van der Waals surface area contributed by atoms with Gasteiger partial charge in [-0.05, 0) is 53.2 Å². The summed E-state index contributed by atoms with van der Waals surface area (Å²) in [4.78, 5) is 0. The highest BCUT2D eigenvalue weighted by molar-refractivity contribution is 6.17. The number of aromatic nitrogens is 1. The van der Waals surface area contributed by atoms with Crippen LogP contribution in [-0.2, 0) is 17.9 Å². The van der Waals surface area contributed by atoms with Crippen LogP contribution in [0.3, 0.4) is 0 Å². The fourth-order valence-corrected chi connectivity index (χ4v) is 6.04. The van der Waals surface area contributed by atoms with Gasteiger partial charge in [0.15, 0.2) is 6.20 Å². The summed E-state index contributed by atoms with van der Waals surface area (Å²) in [5.74, 6) is 0. The van der Waals surface area contributed by atoms with Gasteiger partial charge in [0, 0.05) is 27.8 Å². The van der Waals surface area contributed by atoms with Crippen LogP contribution in [0.4, 0.5) is 0 Å². The zero-order valence-corrected chi connectivity index (χ0v) is 20.5. The second-order valence-electron chi connectivity index (χ2n) is 11.2. The first-order valence-corrected chi connectivity index (χ1v) is 12.1. The van der Waals surface area contributed by atoms with E-state index in [4.69, 9.17) is 4.42 Å². The molecular weight excluding hydrogens is 402 g/mol. The van der Waals surface area contributed by atoms with E-state index in [0.29, 0.717) is 0 Å². The SMILES string of the molecule is Cc1ccc2c(oc3c4ccccc4ccc23)c1-c1c2c(cc[n+]1C)C(C)(C)CCC2(C)C. The topological polar surface area (TPSA) is 17.0 Å². The first kappa shape index (κ1) is 20.5. The number of hydrogen-bond acceptors (Lipinski definition) is 1. The minimum atomic E-state index is 0.104. The van der Waals surface area contributed by atoms with E-state index in [1.54, 1.807) is 0 Å². The molecule has 0 amide bonds. The molecule has 2 nitrogen and oxygen atoms in total. The maximum Gasteiger partial charge on any atom is 0.220 e. The Morgan fingerprint density at radius 1 is 0.758 bits per heavy atom. The third kappa shape index (κ3) is 2.83. The van der Waals surface area contributed by atoms with Gasteiger partial charge in [-0.1, -0.05) is 70.2 Å². The molecule has 0 aliphatic heterocycles. The first-order valence-electron chi connectivity index (χ1n) is 12.1. The van der Waals surface area contributed by atoms with Crippen LogP contribution in [0.2, 0.25) is 0 Å².